The van der Waals surface area contributed by atoms with Crippen LogP contribution in [-0.4, -0.2) is 31.8 Å². The van der Waals surface area contributed by atoms with Gasteiger partial charge in [-0.2, -0.15) is 0 Å². The van der Waals surface area contributed by atoms with Gasteiger partial charge in [0.2, 0.25) is 0 Å². The molecule has 21 heavy (non-hydrogen) atoms. The number of guanidine groups is 1. The highest BCUT2D eigenvalue weighted by atomic mass is 19.1. The number of aliphatic imine (C=N–C) groups is 1. The molecule has 3 rings (SSSR count). The monoisotopic (exact) mass is 291 g/mol. The summed E-state index contributed by atoms with van der Waals surface area (Å²) in [5, 5.41) is 3.12. The zero-order valence-electron chi connectivity index (χ0n) is 12.1. The molecule has 2 aliphatic rings. The molecule has 1 atom stereocenters. The van der Waals surface area contributed by atoms with Crippen LogP contribution >= 0.6 is 0 Å². The fourth-order valence-corrected chi connectivity index (χ4v) is 2.82. The summed E-state index contributed by atoms with van der Waals surface area (Å²) in [5.41, 5.74) is 6.91. The van der Waals surface area contributed by atoms with E-state index >= 15 is 0 Å². The lowest BCUT2D eigenvalue weighted by Crippen LogP contribution is -2.37. The molecule has 0 spiro atoms. The van der Waals surface area contributed by atoms with Gasteiger partial charge in [0.05, 0.1) is 12.6 Å². The minimum Gasteiger partial charge on any atom is -0.376 e. The summed E-state index contributed by atoms with van der Waals surface area (Å²) in [6.45, 7) is 2.16. The summed E-state index contributed by atoms with van der Waals surface area (Å²) in [6.07, 6.45) is 4.52. The summed E-state index contributed by atoms with van der Waals surface area (Å²) >= 11 is 0. The highest BCUT2D eigenvalue weighted by Gasteiger charge is 2.44. The number of ether oxygens (including phenoxy) is 1. The van der Waals surface area contributed by atoms with Gasteiger partial charge >= 0.3 is 0 Å². The first-order valence-electron chi connectivity index (χ1n) is 7.59. The third kappa shape index (κ3) is 3.53. The zero-order chi connectivity index (χ0) is 14.7. The average Bonchev–Trinajstić information content (AvgIpc) is 3.10. The molecule has 5 heteroatoms. The molecule has 0 amide bonds. The average molecular weight is 291 g/mol. The molecule has 1 heterocycles. The van der Waals surface area contributed by atoms with Crippen LogP contribution in [0, 0.1) is 5.82 Å². The Morgan fingerprint density at radius 2 is 2.33 bits per heavy atom. The van der Waals surface area contributed by atoms with Gasteiger partial charge in [-0.3, -0.25) is 4.99 Å². The Kier molecular flexibility index (Phi) is 4.10. The van der Waals surface area contributed by atoms with Crippen LogP contribution in [0.3, 0.4) is 0 Å². The van der Waals surface area contributed by atoms with Crippen LogP contribution < -0.4 is 11.1 Å². The van der Waals surface area contributed by atoms with E-state index in [1.54, 1.807) is 12.1 Å². The number of hydrogen-bond donors (Lipinski definition) is 2. The molecule has 114 valence electrons. The number of nitrogens with one attached hydrogen (secondary N) is 1. The molecule has 1 aliphatic carbocycles. The molecule has 2 fully saturated rings. The molecule has 1 saturated heterocycles. The minimum absolute atomic E-state index is 0.0156. The number of halogens is 1. The summed E-state index contributed by atoms with van der Waals surface area (Å²) in [5.74, 6) is 0.264. The van der Waals surface area contributed by atoms with Crippen LogP contribution in [0.1, 0.15) is 31.2 Å². The van der Waals surface area contributed by atoms with Gasteiger partial charge in [0.15, 0.2) is 5.96 Å². The second-order valence-electron chi connectivity index (χ2n) is 6.01. The normalized spacial score (nSPS) is 24.0. The van der Waals surface area contributed by atoms with E-state index in [1.165, 1.54) is 6.07 Å². The Hall–Kier alpha value is -1.62. The van der Waals surface area contributed by atoms with Crippen LogP contribution in [0.25, 0.3) is 0 Å². The number of benzene rings is 1. The van der Waals surface area contributed by atoms with Crippen LogP contribution in [0.15, 0.2) is 29.3 Å². The maximum absolute atomic E-state index is 13.3. The second kappa shape index (κ2) is 6.02. The molecule has 0 radical (unpaired) electrons. The molecule has 1 aliphatic heterocycles. The Morgan fingerprint density at radius 3 is 3.00 bits per heavy atom. The van der Waals surface area contributed by atoms with Crippen LogP contribution in [0.5, 0.6) is 0 Å². The van der Waals surface area contributed by atoms with Crippen molar-refractivity contribution in [2.45, 2.75) is 37.2 Å². The largest absolute Gasteiger partial charge is 0.376 e. The Morgan fingerprint density at radius 1 is 1.48 bits per heavy atom. The summed E-state index contributed by atoms with van der Waals surface area (Å²) in [4.78, 5) is 4.43. The maximum atomic E-state index is 13.3. The van der Waals surface area contributed by atoms with Gasteiger partial charge in [0, 0.05) is 18.6 Å². The molecule has 0 aromatic heterocycles. The molecule has 1 unspecified atom stereocenters. The molecule has 4 nitrogen and oxygen atoms in total. The lowest BCUT2D eigenvalue weighted by Gasteiger charge is -2.15. The first kappa shape index (κ1) is 14.3. The van der Waals surface area contributed by atoms with E-state index in [0.29, 0.717) is 19.0 Å². The predicted molar refractivity (Wildman–Crippen MR) is 80.8 cm³/mol. The van der Waals surface area contributed by atoms with Gasteiger partial charge in [0.1, 0.15) is 5.82 Å². The minimum atomic E-state index is -0.188. The Balaban J connectivity index is 1.54. The second-order valence-corrected chi connectivity index (χ2v) is 6.01. The fourth-order valence-electron chi connectivity index (χ4n) is 2.82. The van der Waals surface area contributed by atoms with E-state index in [0.717, 1.165) is 37.9 Å². The summed E-state index contributed by atoms with van der Waals surface area (Å²) in [7, 11) is 0. The molecule has 3 N–H and O–H groups in total. The highest BCUT2D eigenvalue weighted by molar-refractivity contribution is 5.78. The van der Waals surface area contributed by atoms with Crippen LogP contribution in [0.2, 0.25) is 0 Å². The van der Waals surface area contributed by atoms with E-state index in [9.17, 15) is 4.39 Å². The smallest absolute Gasteiger partial charge is 0.188 e. The number of nitrogens with zero attached hydrogens (tertiary/aromatic N) is 1. The lowest BCUT2D eigenvalue weighted by atomic mass is 9.96. The maximum Gasteiger partial charge on any atom is 0.188 e. The van der Waals surface area contributed by atoms with Gasteiger partial charge in [0.25, 0.3) is 0 Å². The number of hydrogen-bond acceptors (Lipinski definition) is 2. The lowest BCUT2D eigenvalue weighted by molar-refractivity contribution is 0.114. The van der Waals surface area contributed by atoms with Gasteiger partial charge in [-0.15, -0.1) is 0 Å². The van der Waals surface area contributed by atoms with Crippen molar-refractivity contribution >= 4 is 5.96 Å². The topological polar surface area (TPSA) is 59.6 Å². The first-order valence-corrected chi connectivity index (χ1v) is 7.59. The van der Waals surface area contributed by atoms with E-state index in [4.69, 9.17) is 10.5 Å². The Labute approximate surface area is 124 Å². The van der Waals surface area contributed by atoms with Gasteiger partial charge < -0.3 is 15.8 Å². The van der Waals surface area contributed by atoms with Crippen LogP contribution in [-0.2, 0) is 10.2 Å². The molecule has 1 aromatic carbocycles. The molecule has 1 saturated carbocycles. The SMILES string of the molecule is NC(=NCC1(c2cccc(F)c2)CC1)NCC1CCCO1. The third-order valence-electron chi connectivity index (χ3n) is 4.38. The van der Waals surface area contributed by atoms with Crippen molar-refractivity contribution in [1.82, 2.24) is 5.32 Å². The van der Waals surface area contributed by atoms with Crippen molar-refractivity contribution in [2.24, 2.45) is 10.7 Å². The van der Waals surface area contributed by atoms with Gasteiger partial charge in [-0.05, 0) is 43.4 Å². The molecule has 0 bridgehead atoms. The van der Waals surface area contributed by atoms with E-state index in [-0.39, 0.29) is 17.3 Å². The van der Waals surface area contributed by atoms with Crippen molar-refractivity contribution in [3.05, 3.63) is 35.6 Å². The van der Waals surface area contributed by atoms with Gasteiger partial charge in [-0.1, -0.05) is 12.1 Å². The molecular weight excluding hydrogens is 269 g/mol. The van der Waals surface area contributed by atoms with E-state index in [1.807, 2.05) is 6.07 Å². The number of rotatable bonds is 5. The van der Waals surface area contributed by atoms with Crippen molar-refractivity contribution in [3.63, 3.8) is 0 Å². The molecular formula is C16H22FN3O. The van der Waals surface area contributed by atoms with E-state index in [2.05, 4.69) is 10.3 Å². The predicted octanol–water partition coefficient (Wildman–Crippen LogP) is 1.94. The number of nitrogens with two attached hydrogens (primary N) is 1. The van der Waals surface area contributed by atoms with Crippen molar-refractivity contribution < 1.29 is 9.13 Å². The first-order chi connectivity index (χ1) is 10.2. The highest BCUT2D eigenvalue weighted by Crippen LogP contribution is 2.48. The van der Waals surface area contributed by atoms with E-state index < -0.39 is 0 Å². The standard InChI is InChI=1S/C16H22FN3O/c17-13-4-1-3-12(9-13)16(6-7-16)11-20-15(18)19-10-14-5-2-8-21-14/h1,3-4,9,14H,2,5-8,10-11H2,(H3,18,19,20). The third-order valence-corrected chi connectivity index (χ3v) is 4.38. The summed E-state index contributed by atoms with van der Waals surface area (Å²) < 4.78 is 18.9. The van der Waals surface area contributed by atoms with Crippen LogP contribution in [0.4, 0.5) is 4.39 Å². The van der Waals surface area contributed by atoms with Crippen molar-refractivity contribution in [3.8, 4) is 0 Å². The fraction of sp³-hybridized carbons (Fsp3) is 0.562. The summed E-state index contributed by atoms with van der Waals surface area (Å²) in [6, 6.07) is 6.81. The van der Waals surface area contributed by atoms with Crippen molar-refractivity contribution in [2.75, 3.05) is 19.7 Å². The quantitative estimate of drug-likeness (QED) is 0.644. The molecule has 1 aromatic rings. The van der Waals surface area contributed by atoms with Crippen molar-refractivity contribution in [1.29, 1.82) is 0 Å². The van der Waals surface area contributed by atoms with Gasteiger partial charge in [-0.25, -0.2) is 4.39 Å². The zero-order valence-corrected chi connectivity index (χ0v) is 12.1. The Bertz CT molecular complexity index is 522.